The summed E-state index contributed by atoms with van der Waals surface area (Å²) in [6.45, 7) is 1.61. The van der Waals surface area contributed by atoms with Gasteiger partial charge in [0.2, 0.25) is 0 Å². The molecule has 3 amide bonds. The number of hydrogen-bond donors (Lipinski definition) is 0. The monoisotopic (exact) mass is 570 g/mol. The number of anilines is 1. The van der Waals surface area contributed by atoms with Crippen molar-refractivity contribution in [3.8, 4) is 0 Å². The van der Waals surface area contributed by atoms with E-state index in [2.05, 4.69) is 26.3 Å². The van der Waals surface area contributed by atoms with Crippen LogP contribution in [-0.2, 0) is 14.4 Å². The Morgan fingerprint density at radius 2 is 1.66 bits per heavy atom. The van der Waals surface area contributed by atoms with E-state index >= 15 is 0 Å². The van der Waals surface area contributed by atoms with Crippen LogP contribution < -0.4 is 4.90 Å². The molecule has 1 saturated heterocycles. The summed E-state index contributed by atoms with van der Waals surface area (Å²) in [5.41, 5.74) is 3.99. The third-order valence-electron chi connectivity index (χ3n) is 7.04. The zero-order chi connectivity index (χ0) is 26.4. The predicted octanol–water partition coefficient (Wildman–Crippen LogP) is 4.43. The summed E-state index contributed by atoms with van der Waals surface area (Å²) in [7, 11) is 0. The van der Waals surface area contributed by atoms with Crippen LogP contribution in [0, 0.1) is 6.92 Å². The largest absolute Gasteiger partial charge is 0.271 e. The Kier molecular flexibility index (Phi) is 6.11. The number of amides is 3. The van der Waals surface area contributed by atoms with E-state index in [0.717, 1.165) is 31.8 Å². The third-order valence-corrected chi connectivity index (χ3v) is 7.57. The van der Waals surface area contributed by atoms with E-state index in [0.29, 0.717) is 12.1 Å². The highest BCUT2D eigenvalue weighted by atomic mass is 79.9. The number of carbonyl (C=O) groups excluding carboxylic acids is 3. The lowest BCUT2D eigenvalue weighted by Crippen LogP contribution is -2.44. The van der Waals surface area contributed by atoms with E-state index in [1.54, 1.807) is 12.1 Å². The summed E-state index contributed by atoms with van der Waals surface area (Å²) >= 11 is 3.46. The molecule has 0 saturated carbocycles. The van der Waals surface area contributed by atoms with Gasteiger partial charge in [0.15, 0.2) is 12.1 Å². The highest BCUT2D eigenvalue weighted by Gasteiger charge is 2.55. The highest BCUT2D eigenvalue weighted by Crippen LogP contribution is 2.36. The molecule has 1 fully saturated rings. The molecule has 0 bridgehead atoms. The second-order valence-electron chi connectivity index (χ2n) is 9.41. The maximum Gasteiger partial charge on any atom is 0.264 e. The van der Waals surface area contributed by atoms with Gasteiger partial charge in [-0.1, -0.05) is 81.8 Å². The van der Waals surface area contributed by atoms with Gasteiger partial charge in [-0.25, -0.2) is 9.91 Å². The van der Waals surface area contributed by atoms with Crippen molar-refractivity contribution >= 4 is 45.1 Å². The number of hydrazone groups is 1. The van der Waals surface area contributed by atoms with Crippen LogP contribution in [0.4, 0.5) is 5.69 Å². The van der Waals surface area contributed by atoms with Crippen molar-refractivity contribution in [2.24, 2.45) is 15.4 Å². The molecule has 3 heterocycles. The van der Waals surface area contributed by atoms with E-state index < -0.39 is 23.9 Å². The number of halogens is 1. The number of para-hydroxylation sites is 1. The first kappa shape index (κ1) is 24.2. The number of aryl methyl sites for hydroxylation is 1. The van der Waals surface area contributed by atoms with Crippen molar-refractivity contribution in [2.45, 2.75) is 31.5 Å². The van der Waals surface area contributed by atoms with E-state index in [4.69, 9.17) is 5.10 Å². The second-order valence-corrected chi connectivity index (χ2v) is 10.3. The van der Waals surface area contributed by atoms with Crippen molar-refractivity contribution < 1.29 is 14.4 Å². The van der Waals surface area contributed by atoms with Crippen LogP contribution in [0.5, 0.6) is 0 Å². The molecule has 10 heteroatoms. The van der Waals surface area contributed by atoms with Gasteiger partial charge in [0, 0.05) is 10.9 Å². The van der Waals surface area contributed by atoms with Gasteiger partial charge in [-0.15, -0.1) is 0 Å². The molecule has 0 unspecified atom stereocenters. The number of carbonyl (C=O) groups is 3. The molecule has 190 valence electrons. The second kappa shape index (κ2) is 9.60. The minimum atomic E-state index is -0.972. The van der Waals surface area contributed by atoms with Gasteiger partial charge in [0.05, 0.1) is 17.4 Å². The number of benzene rings is 3. The fourth-order valence-electron chi connectivity index (χ4n) is 5.11. The molecule has 0 aromatic heterocycles. The molecule has 6 rings (SSSR count). The average molecular weight is 571 g/mol. The van der Waals surface area contributed by atoms with Gasteiger partial charge in [0.25, 0.3) is 17.7 Å². The number of nitrogens with zero attached hydrogens (tertiary/aromatic N) is 6. The normalized spacial score (nSPS) is 22.3. The maximum absolute atomic E-state index is 13.7. The Balaban J connectivity index is 1.26. The molecule has 0 spiro atoms. The molecule has 3 aromatic rings. The molecule has 3 aromatic carbocycles. The van der Waals surface area contributed by atoms with Crippen molar-refractivity contribution in [2.75, 3.05) is 11.4 Å². The lowest BCUT2D eigenvalue weighted by molar-refractivity contribution is -0.135. The summed E-state index contributed by atoms with van der Waals surface area (Å²) in [6, 6.07) is 22.5. The minimum Gasteiger partial charge on any atom is -0.271 e. The van der Waals surface area contributed by atoms with Crippen molar-refractivity contribution in [3.05, 3.63) is 100 Å². The van der Waals surface area contributed by atoms with Crippen LogP contribution in [0.1, 0.15) is 29.2 Å². The molecule has 0 N–H and O–H groups in total. The van der Waals surface area contributed by atoms with Crippen LogP contribution in [0.2, 0.25) is 0 Å². The average Bonchev–Trinajstić information content (AvgIpc) is 3.61. The number of fused-ring (bicyclic) bond motifs is 1. The summed E-state index contributed by atoms with van der Waals surface area (Å²) < 4.78 is 0.955. The first-order chi connectivity index (χ1) is 18.4. The third kappa shape index (κ3) is 4.10. The van der Waals surface area contributed by atoms with Gasteiger partial charge in [-0.2, -0.15) is 10.2 Å². The molecule has 9 nitrogen and oxygen atoms in total. The summed E-state index contributed by atoms with van der Waals surface area (Å²) in [6.07, 6.45) is 0.545. The van der Waals surface area contributed by atoms with Gasteiger partial charge >= 0.3 is 0 Å². The molecule has 3 aliphatic rings. The number of imide groups is 1. The number of rotatable bonds is 5. The van der Waals surface area contributed by atoms with Crippen LogP contribution in [-0.4, -0.2) is 52.1 Å². The van der Waals surface area contributed by atoms with Crippen molar-refractivity contribution in [3.63, 3.8) is 0 Å². The van der Waals surface area contributed by atoms with Crippen molar-refractivity contribution in [1.82, 2.24) is 10.0 Å². The van der Waals surface area contributed by atoms with Gasteiger partial charge in [0.1, 0.15) is 6.54 Å². The predicted molar refractivity (Wildman–Crippen MR) is 144 cm³/mol. The molecule has 0 aliphatic carbocycles. The Morgan fingerprint density at radius 3 is 2.39 bits per heavy atom. The molecule has 0 radical (unpaired) electrons. The zero-order valence-corrected chi connectivity index (χ0v) is 22.0. The fourth-order valence-corrected chi connectivity index (χ4v) is 5.37. The summed E-state index contributed by atoms with van der Waals surface area (Å²) in [4.78, 5) is 41.3. The highest BCUT2D eigenvalue weighted by molar-refractivity contribution is 9.10. The Bertz CT molecular complexity index is 1490. The maximum atomic E-state index is 13.7. The standard InChI is InChI=1S/C28H23BrN6O3/c1-17-7-5-6-10-22(17)34-27(37)25-26(28(34)38)33(32-30-25)16-24(36)35-23(19-8-3-2-4-9-19)15-21(31-35)18-11-13-20(29)14-12-18/h2-14,23,25-26H,15-16H2,1H3/t23-,25+,26+/m1/s1. The quantitative estimate of drug-likeness (QED) is 0.424. The minimum absolute atomic E-state index is 0.230. The van der Waals surface area contributed by atoms with E-state index in [1.807, 2.05) is 73.7 Å². The van der Waals surface area contributed by atoms with Gasteiger partial charge in [-0.05, 0) is 41.8 Å². The van der Waals surface area contributed by atoms with Crippen LogP contribution in [0.25, 0.3) is 0 Å². The zero-order valence-electron chi connectivity index (χ0n) is 20.4. The van der Waals surface area contributed by atoms with Crippen LogP contribution >= 0.6 is 15.9 Å². The smallest absolute Gasteiger partial charge is 0.264 e. The van der Waals surface area contributed by atoms with Gasteiger partial charge < -0.3 is 0 Å². The van der Waals surface area contributed by atoms with E-state index in [1.165, 1.54) is 10.0 Å². The molecular formula is C28H23BrN6O3. The lowest BCUT2D eigenvalue weighted by Gasteiger charge is -2.25. The molecule has 38 heavy (non-hydrogen) atoms. The molecule has 3 aliphatic heterocycles. The Hall–Kier alpha value is -4.18. The number of hydrogen-bond acceptors (Lipinski definition) is 7. The van der Waals surface area contributed by atoms with Crippen molar-refractivity contribution in [1.29, 1.82) is 0 Å². The van der Waals surface area contributed by atoms with Crippen LogP contribution in [0.3, 0.4) is 0 Å². The SMILES string of the molecule is Cc1ccccc1N1C(=O)[C@H]2N=NN(CC(=O)N3N=C(c4ccc(Br)cc4)C[C@@H]3c3ccccc3)[C@@H]2C1=O. The first-order valence-electron chi connectivity index (χ1n) is 12.2. The molecular weight excluding hydrogens is 548 g/mol. The topological polar surface area (TPSA) is 98.0 Å². The van der Waals surface area contributed by atoms with Gasteiger partial charge in [-0.3, -0.25) is 19.4 Å². The Labute approximate surface area is 227 Å². The summed E-state index contributed by atoms with van der Waals surface area (Å²) in [5, 5.41) is 15.6. The Morgan fingerprint density at radius 1 is 0.947 bits per heavy atom. The molecule has 3 atom stereocenters. The lowest BCUT2D eigenvalue weighted by atomic mass is 9.98. The summed E-state index contributed by atoms with van der Waals surface area (Å²) in [5.74, 6) is -1.21. The first-order valence-corrected chi connectivity index (χ1v) is 13.0. The fraction of sp³-hybridized carbons (Fsp3) is 0.214. The van der Waals surface area contributed by atoms with E-state index in [9.17, 15) is 14.4 Å². The van der Waals surface area contributed by atoms with E-state index in [-0.39, 0.29) is 18.5 Å². The van der Waals surface area contributed by atoms with Crippen LogP contribution in [0.15, 0.2) is 98.8 Å².